The Labute approximate surface area is 372 Å². The van der Waals surface area contributed by atoms with E-state index in [1.807, 2.05) is 84.9 Å². The zero-order valence-corrected chi connectivity index (χ0v) is 37.9. The summed E-state index contributed by atoms with van der Waals surface area (Å²) in [5.74, 6) is -0.777. The fraction of sp³-hybridized carbons (Fsp3) is 0.333. The number of benzene rings is 4. The van der Waals surface area contributed by atoms with Gasteiger partial charge in [-0.2, -0.15) is 0 Å². The van der Waals surface area contributed by atoms with E-state index in [0.29, 0.717) is 28.2 Å². The van der Waals surface area contributed by atoms with Crippen LogP contribution in [-0.2, 0) is 33.8 Å². The van der Waals surface area contributed by atoms with Gasteiger partial charge in [0.05, 0.1) is 40.0 Å². The number of carboxylic acid groups (broad SMARTS) is 1. The second kappa shape index (κ2) is 19.1. The first kappa shape index (κ1) is 45.6. The van der Waals surface area contributed by atoms with Gasteiger partial charge in [-0.05, 0) is 71.2 Å². The first-order valence-electron chi connectivity index (χ1n) is 20.9. The number of hydrogen-bond donors (Lipinski definition) is 2. The van der Waals surface area contributed by atoms with Gasteiger partial charge >= 0.3 is 11.9 Å². The van der Waals surface area contributed by atoms with Gasteiger partial charge in [0.2, 0.25) is 0 Å². The number of carboxylic acids is 1. The van der Waals surface area contributed by atoms with Gasteiger partial charge in [-0.3, -0.25) is 19.0 Å². The molecule has 2 N–H and O–H groups in total. The fourth-order valence-corrected chi connectivity index (χ4v) is 8.74. The summed E-state index contributed by atoms with van der Waals surface area (Å²) in [6.45, 7) is 10.3. The molecule has 1 aliphatic rings. The number of amides is 1. The molecule has 0 saturated carbocycles. The van der Waals surface area contributed by atoms with E-state index in [9.17, 15) is 19.5 Å². The Morgan fingerprint density at radius 1 is 0.766 bits per heavy atom. The molecule has 64 heavy (non-hydrogen) atoms. The molecular weight excluding hydrogens is 835 g/mol. The predicted octanol–water partition coefficient (Wildman–Crippen LogP) is 8.17. The minimum atomic E-state index is -2.71. The molecule has 4 aromatic carbocycles. The summed E-state index contributed by atoms with van der Waals surface area (Å²) < 4.78 is 40.5. The van der Waals surface area contributed by atoms with Crippen LogP contribution < -0.4 is 14.8 Å². The van der Waals surface area contributed by atoms with Crippen LogP contribution in [-0.4, -0.2) is 89.9 Å². The lowest BCUT2D eigenvalue weighted by molar-refractivity contribution is -0.160. The zero-order valence-electron chi connectivity index (χ0n) is 36.9. The zero-order chi connectivity index (χ0) is 45.6. The number of aliphatic carboxylic acids is 1. The molecule has 0 spiro atoms. The second-order valence-corrected chi connectivity index (χ2v) is 21.7. The number of carbonyl (C=O) groups is 3. The van der Waals surface area contributed by atoms with Crippen LogP contribution >= 0.6 is 0 Å². The number of nitrogens with zero attached hydrogens (tertiary/aromatic N) is 4. The van der Waals surface area contributed by atoms with E-state index in [4.69, 9.17) is 28.1 Å². The van der Waals surface area contributed by atoms with Crippen LogP contribution in [0.3, 0.4) is 0 Å². The van der Waals surface area contributed by atoms with Crippen molar-refractivity contribution in [1.29, 1.82) is 0 Å². The minimum Gasteiger partial charge on any atom is -0.497 e. The number of esters is 1. The fourth-order valence-electron chi connectivity index (χ4n) is 7.45. The van der Waals surface area contributed by atoms with Gasteiger partial charge in [-0.1, -0.05) is 93.6 Å². The Morgan fingerprint density at radius 3 is 1.91 bits per heavy atom. The molecule has 7 rings (SSSR count). The van der Waals surface area contributed by atoms with Crippen molar-refractivity contribution in [2.75, 3.05) is 26.1 Å². The summed E-state index contributed by atoms with van der Waals surface area (Å²) >= 11 is 0. The molecule has 1 fully saturated rings. The quantitative estimate of drug-likeness (QED) is 0.0509. The third-order valence-electron chi connectivity index (χ3n) is 11.9. The van der Waals surface area contributed by atoms with Crippen molar-refractivity contribution >= 4 is 43.1 Å². The molecule has 0 aliphatic carbocycles. The normalized spacial score (nSPS) is 17.8. The Balaban J connectivity index is 1.35. The molecule has 6 aromatic rings. The minimum absolute atomic E-state index is 0.155. The topological polar surface area (TPSA) is 182 Å². The highest BCUT2D eigenvalue weighted by molar-refractivity contribution is 6.74. The van der Waals surface area contributed by atoms with Crippen LogP contribution in [0.5, 0.6) is 11.5 Å². The lowest BCUT2D eigenvalue weighted by Crippen LogP contribution is -2.50. The largest absolute Gasteiger partial charge is 0.497 e. The molecular formula is C48H53N5O10Si. The smallest absolute Gasteiger partial charge is 0.306 e. The molecule has 0 unspecified atom stereocenters. The monoisotopic (exact) mass is 887 g/mol. The Kier molecular flexibility index (Phi) is 13.6. The number of rotatable bonds is 17. The maximum atomic E-state index is 13.7. The van der Waals surface area contributed by atoms with Crippen LogP contribution in [0.15, 0.2) is 122 Å². The standard InChI is InChI=1S/C48H53N5O10Si/c1-47(2,3)64(6,7)63-42-41(62-39(56)27-26-38(54)55)37(61-46(42)53-30-51-40-43(49-29-50-44(40)53)52-45(57)31-14-10-8-11-15-31)28-60-48(32-16-12-9-13-17-32,33-18-22-35(58-4)23-19-33)34-20-24-36(59-5)25-21-34/h8-25,29-30,37,41-42,46H,26-28H2,1-7H3,(H,54,55)(H,49,50,52,57)/t37-,41-,42-,46-/m1/s1. The Morgan fingerprint density at radius 2 is 1.34 bits per heavy atom. The van der Waals surface area contributed by atoms with Crippen LogP contribution in [0, 0.1) is 0 Å². The average molecular weight is 888 g/mol. The number of fused-ring (bicyclic) bond motifs is 1. The molecule has 1 amide bonds. The molecule has 0 radical (unpaired) electrons. The highest BCUT2D eigenvalue weighted by atomic mass is 28.4. The van der Waals surface area contributed by atoms with Gasteiger partial charge in [0, 0.05) is 5.56 Å². The first-order chi connectivity index (χ1) is 30.6. The number of carbonyl (C=O) groups excluding carboxylic acids is 2. The summed E-state index contributed by atoms with van der Waals surface area (Å²) in [7, 11) is 0.494. The van der Waals surface area contributed by atoms with E-state index in [2.05, 4.69) is 54.1 Å². The number of ether oxygens (including phenoxy) is 5. The van der Waals surface area contributed by atoms with Crippen LogP contribution in [0.4, 0.5) is 5.82 Å². The van der Waals surface area contributed by atoms with Gasteiger partial charge in [0.25, 0.3) is 5.91 Å². The van der Waals surface area contributed by atoms with Crippen molar-refractivity contribution < 1.29 is 47.6 Å². The third-order valence-corrected chi connectivity index (χ3v) is 16.3. The number of hydrogen-bond acceptors (Lipinski definition) is 12. The van der Waals surface area contributed by atoms with Gasteiger partial charge < -0.3 is 38.5 Å². The SMILES string of the molecule is COc1ccc(C(OC[C@H]2O[C@@H](n3cnc4c(NC(=O)c5ccccc5)ncnc43)[C@H](O[Si](C)(C)C(C)(C)C)[C@@H]2OC(=O)CCC(=O)O)(c2ccccc2)c2ccc(OC)cc2)cc1. The number of aromatic nitrogens is 4. The summed E-state index contributed by atoms with van der Waals surface area (Å²) in [5.41, 5.74) is 2.11. The Hall–Kier alpha value is -6.46. The van der Waals surface area contributed by atoms with E-state index >= 15 is 0 Å². The molecule has 3 heterocycles. The molecule has 1 saturated heterocycles. The number of anilines is 1. The van der Waals surface area contributed by atoms with E-state index in [1.54, 1.807) is 43.1 Å². The molecule has 16 heteroatoms. The van der Waals surface area contributed by atoms with E-state index < -0.39 is 56.8 Å². The number of nitrogens with one attached hydrogen (secondary N) is 1. The van der Waals surface area contributed by atoms with Crippen molar-refractivity contribution in [2.45, 2.75) is 81.9 Å². The number of imidazole rings is 1. The van der Waals surface area contributed by atoms with Crippen molar-refractivity contribution in [3.63, 3.8) is 0 Å². The van der Waals surface area contributed by atoms with Crippen molar-refractivity contribution in [2.24, 2.45) is 0 Å². The molecule has 2 aromatic heterocycles. The summed E-state index contributed by atoms with van der Waals surface area (Å²) in [4.78, 5) is 52.2. The maximum absolute atomic E-state index is 13.7. The molecule has 15 nitrogen and oxygen atoms in total. The van der Waals surface area contributed by atoms with Crippen molar-refractivity contribution in [3.8, 4) is 11.5 Å². The van der Waals surface area contributed by atoms with Crippen molar-refractivity contribution in [1.82, 2.24) is 19.5 Å². The van der Waals surface area contributed by atoms with Crippen LogP contribution in [0.1, 0.15) is 66.9 Å². The predicted molar refractivity (Wildman–Crippen MR) is 241 cm³/mol. The lowest BCUT2D eigenvalue weighted by Gasteiger charge is -2.40. The van der Waals surface area contributed by atoms with Gasteiger partial charge in [-0.15, -0.1) is 0 Å². The molecule has 4 atom stereocenters. The van der Waals surface area contributed by atoms with E-state index in [-0.39, 0.29) is 29.8 Å². The van der Waals surface area contributed by atoms with E-state index in [0.717, 1.165) is 16.7 Å². The molecule has 0 bridgehead atoms. The number of methoxy groups -OCH3 is 2. The van der Waals surface area contributed by atoms with Gasteiger partial charge in [0.1, 0.15) is 35.6 Å². The average Bonchev–Trinajstić information content (AvgIpc) is 3.87. The molecule has 1 aliphatic heterocycles. The van der Waals surface area contributed by atoms with E-state index in [1.165, 1.54) is 12.7 Å². The van der Waals surface area contributed by atoms with Crippen LogP contribution in [0.2, 0.25) is 18.1 Å². The Bertz CT molecular complexity index is 2500. The summed E-state index contributed by atoms with van der Waals surface area (Å²) in [5, 5.41) is 12.1. The van der Waals surface area contributed by atoms with Gasteiger partial charge in [-0.25, -0.2) is 15.0 Å². The van der Waals surface area contributed by atoms with Crippen molar-refractivity contribution in [3.05, 3.63) is 144 Å². The lowest BCUT2D eigenvalue weighted by atomic mass is 9.80. The summed E-state index contributed by atoms with van der Waals surface area (Å²) in [6, 6.07) is 33.7. The molecule has 334 valence electrons. The first-order valence-corrected chi connectivity index (χ1v) is 23.8. The summed E-state index contributed by atoms with van der Waals surface area (Å²) in [6.07, 6.45) is -2.05. The second-order valence-electron chi connectivity index (χ2n) is 16.9. The highest BCUT2D eigenvalue weighted by Crippen LogP contribution is 2.46. The van der Waals surface area contributed by atoms with Crippen LogP contribution in [0.25, 0.3) is 11.2 Å². The highest BCUT2D eigenvalue weighted by Gasteiger charge is 2.54. The van der Waals surface area contributed by atoms with Gasteiger partial charge in [0.15, 0.2) is 37.6 Å². The maximum Gasteiger partial charge on any atom is 0.306 e. The third kappa shape index (κ3) is 9.55.